The van der Waals surface area contributed by atoms with E-state index in [2.05, 4.69) is 4.72 Å². The van der Waals surface area contributed by atoms with Gasteiger partial charge in [0.25, 0.3) is 5.69 Å². The summed E-state index contributed by atoms with van der Waals surface area (Å²) in [4.78, 5) is 21.3. The molecule has 0 saturated heterocycles. The van der Waals surface area contributed by atoms with Crippen LogP contribution in [0.1, 0.15) is 20.8 Å². The SMILES string of the molecule is CC(C)(C)C(=O)CNS(=O)(=O)c1cc([N+](=O)[O-])ccc1Cl. The second-order valence-corrected chi connectivity index (χ2v) is 7.51. The first-order valence-electron chi connectivity index (χ1n) is 5.92. The number of ketones is 1. The first kappa shape index (κ1) is 17.5. The number of rotatable bonds is 5. The summed E-state index contributed by atoms with van der Waals surface area (Å²) in [5.74, 6) is -0.312. The van der Waals surface area contributed by atoms with Crippen LogP contribution in [-0.2, 0) is 14.8 Å². The lowest BCUT2D eigenvalue weighted by atomic mass is 9.91. The number of nitrogens with one attached hydrogen (secondary N) is 1. The van der Waals surface area contributed by atoms with Crippen LogP contribution >= 0.6 is 11.6 Å². The number of non-ortho nitro benzene ring substituents is 1. The molecule has 7 nitrogen and oxygen atoms in total. The smallest absolute Gasteiger partial charge is 0.270 e. The molecule has 0 aliphatic carbocycles. The molecule has 0 atom stereocenters. The van der Waals surface area contributed by atoms with Crippen molar-refractivity contribution in [3.63, 3.8) is 0 Å². The van der Waals surface area contributed by atoms with Gasteiger partial charge in [0.05, 0.1) is 16.5 Å². The van der Waals surface area contributed by atoms with Gasteiger partial charge >= 0.3 is 0 Å². The molecule has 0 aliphatic rings. The molecule has 0 fully saturated rings. The van der Waals surface area contributed by atoms with Crippen molar-refractivity contribution in [1.29, 1.82) is 0 Å². The first-order chi connectivity index (χ1) is 9.45. The maximum absolute atomic E-state index is 12.1. The minimum absolute atomic E-state index is 0.156. The van der Waals surface area contributed by atoms with Gasteiger partial charge < -0.3 is 0 Å². The fourth-order valence-electron chi connectivity index (χ4n) is 1.32. The van der Waals surface area contributed by atoms with Crippen molar-refractivity contribution in [3.8, 4) is 0 Å². The van der Waals surface area contributed by atoms with E-state index < -0.39 is 37.5 Å². The van der Waals surface area contributed by atoms with Crippen LogP contribution in [0.2, 0.25) is 5.02 Å². The number of nitro benzene ring substituents is 1. The summed E-state index contributed by atoms with van der Waals surface area (Å²) in [6.45, 7) is 4.56. The third-order valence-electron chi connectivity index (χ3n) is 2.67. The molecule has 1 rings (SSSR count). The number of hydrogen-bond acceptors (Lipinski definition) is 5. The summed E-state index contributed by atoms with van der Waals surface area (Å²) < 4.78 is 26.3. The normalized spacial score (nSPS) is 12.2. The molecule has 0 aliphatic heterocycles. The predicted molar refractivity (Wildman–Crippen MR) is 77.8 cm³/mol. The predicted octanol–water partition coefficient (Wildman–Crippen LogP) is 2.14. The number of carbonyl (C=O) groups is 1. The number of nitro groups is 1. The van der Waals surface area contributed by atoms with Crippen LogP contribution in [0, 0.1) is 15.5 Å². The first-order valence-corrected chi connectivity index (χ1v) is 7.78. The van der Waals surface area contributed by atoms with Gasteiger partial charge in [-0.2, -0.15) is 0 Å². The highest BCUT2D eigenvalue weighted by atomic mass is 35.5. The molecule has 0 unspecified atom stereocenters. The van der Waals surface area contributed by atoms with Crippen molar-refractivity contribution >= 4 is 33.1 Å². The van der Waals surface area contributed by atoms with Gasteiger partial charge in [-0.15, -0.1) is 0 Å². The van der Waals surface area contributed by atoms with E-state index in [1.165, 1.54) is 0 Å². The largest absolute Gasteiger partial charge is 0.298 e. The second-order valence-electron chi connectivity index (χ2n) is 5.37. The Kier molecular flexibility index (Phi) is 5.08. The van der Waals surface area contributed by atoms with Crippen LogP contribution in [-0.4, -0.2) is 25.7 Å². The number of Topliss-reactive ketones (excluding diaryl/α,β-unsaturated/α-hetero) is 1. The fraction of sp³-hybridized carbons (Fsp3) is 0.417. The van der Waals surface area contributed by atoms with Gasteiger partial charge in [-0.1, -0.05) is 32.4 Å². The Morgan fingerprint density at radius 1 is 1.38 bits per heavy atom. The fourth-order valence-corrected chi connectivity index (χ4v) is 2.81. The van der Waals surface area contributed by atoms with Crippen molar-refractivity contribution in [3.05, 3.63) is 33.3 Å². The van der Waals surface area contributed by atoms with E-state index in [4.69, 9.17) is 11.6 Å². The average molecular weight is 335 g/mol. The molecular weight excluding hydrogens is 320 g/mol. The lowest BCUT2D eigenvalue weighted by molar-refractivity contribution is -0.385. The quantitative estimate of drug-likeness (QED) is 0.655. The molecule has 21 heavy (non-hydrogen) atoms. The Morgan fingerprint density at radius 3 is 2.43 bits per heavy atom. The zero-order chi connectivity index (χ0) is 16.4. The Balaban J connectivity index is 3.06. The Morgan fingerprint density at radius 2 is 1.95 bits per heavy atom. The number of hydrogen-bond donors (Lipinski definition) is 1. The molecular formula is C12H15ClN2O5S. The van der Waals surface area contributed by atoms with E-state index in [9.17, 15) is 23.3 Å². The Labute approximate surface area is 127 Å². The molecule has 0 spiro atoms. The van der Waals surface area contributed by atoms with E-state index in [0.29, 0.717) is 0 Å². The van der Waals surface area contributed by atoms with Gasteiger partial charge in [0.1, 0.15) is 4.90 Å². The van der Waals surface area contributed by atoms with Gasteiger partial charge in [-0.25, -0.2) is 13.1 Å². The topological polar surface area (TPSA) is 106 Å². The van der Waals surface area contributed by atoms with Crippen LogP contribution in [0.3, 0.4) is 0 Å². The molecule has 0 amide bonds. The van der Waals surface area contributed by atoms with E-state index in [0.717, 1.165) is 18.2 Å². The van der Waals surface area contributed by atoms with Crippen molar-refractivity contribution in [2.24, 2.45) is 5.41 Å². The lowest BCUT2D eigenvalue weighted by Crippen LogP contribution is -2.35. The molecule has 0 radical (unpaired) electrons. The number of benzene rings is 1. The minimum atomic E-state index is -4.11. The van der Waals surface area contributed by atoms with Gasteiger partial charge in [0, 0.05) is 17.5 Å². The molecule has 0 heterocycles. The highest BCUT2D eigenvalue weighted by Gasteiger charge is 2.26. The monoisotopic (exact) mass is 334 g/mol. The molecule has 0 aromatic heterocycles. The number of sulfonamides is 1. The summed E-state index contributed by atoms with van der Waals surface area (Å²) in [5, 5.41) is 10.5. The highest BCUT2D eigenvalue weighted by Crippen LogP contribution is 2.26. The maximum atomic E-state index is 12.1. The third-order valence-corrected chi connectivity index (χ3v) is 4.56. The van der Waals surface area contributed by atoms with Crippen molar-refractivity contribution < 1.29 is 18.1 Å². The van der Waals surface area contributed by atoms with Crippen LogP contribution in [0.4, 0.5) is 5.69 Å². The van der Waals surface area contributed by atoms with Crippen LogP contribution in [0.5, 0.6) is 0 Å². The summed E-state index contributed by atoms with van der Waals surface area (Å²) in [6, 6.07) is 3.08. The summed E-state index contributed by atoms with van der Waals surface area (Å²) in [5.41, 5.74) is -1.10. The molecule has 0 bridgehead atoms. The molecule has 9 heteroatoms. The maximum Gasteiger partial charge on any atom is 0.270 e. The van der Waals surface area contributed by atoms with Gasteiger partial charge in [-0.05, 0) is 6.07 Å². The van der Waals surface area contributed by atoms with Crippen LogP contribution in [0.25, 0.3) is 0 Å². The number of carbonyl (C=O) groups excluding carboxylic acids is 1. The molecule has 1 N–H and O–H groups in total. The number of nitrogens with zero attached hydrogens (tertiary/aromatic N) is 1. The summed E-state index contributed by atoms with van der Waals surface area (Å²) in [7, 11) is -4.11. The molecule has 116 valence electrons. The molecule has 0 saturated carbocycles. The second kappa shape index (κ2) is 6.08. The van der Waals surface area contributed by atoms with Crippen LogP contribution < -0.4 is 4.72 Å². The van der Waals surface area contributed by atoms with Gasteiger partial charge in [-0.3, -0.25) is 14.9 Å². The standard InChI is InChI=1S/C12H15ClN2O5S/c1-12(2,3)11(16)7-14-21(19,20)10-6-8(15(17)18)4-5-9(10)13/h4-6,14H,7H2,1-3H3. The average Bonchev–Trinajstić information content (AvgIpc) is 2.34. The molecule has 1 aromatic rings. The van der Waals surface area contributed by atoms with Gasteiger partial charge in [0.2, 0.25) is 10.0 Å². The summed E-state index contributed by atoms with van der Waals surface area (Å²) >= 11 is 5.76. The highest BCUT2D eigenvalue weighted by molar-refractivity contribution is 7.89. The van der Waals surface area contributed by atoms with E-state index in [1.807, 2.05) is 0 Å². The van der Waals surface area contributed by atoms with E-state index in [-0.39, 0.29) is 10.8 Å². The Bertz CT molecular complexity index is 679. The van der Waals surface area contributed by atoms with Crippen molar-refractivity contribution in [2.75, 3.05) is 6.54 Å². The Hall–Kier alpha value is -1.51. The van der Waals surface area contributed by atoms with Crippen molar-refractivity contribution in [1.82, 2.24) is 4.72 Å². The molecule has 1 aromatic carbocycles. The van der Waals surface area contributed by atoms with E-state index >= 15 is 0 Å². The lowest BCUT2D eigenvalue weighted by Gasteiger charge is -2.17. The van der Waals surface area contributed by atoms with Gasteiger partial charge in [0.15, 0.2) is 5.78 Å². The number of halogens is 1. The van der Waals surface area contributed by atoms with Crippen molar-refractivity contribution in [2.45, 2.75) is 25.7 Å². The third kappa shape index (κ3) is 4.48. The van der Waals surface area contributed by atoms with E-state index in [1.54, 1.807) is 20.8 Å². The summed E-state index contributed by atoms with van der Waals surface area (Å²) in [6.07, 6.45) is 0. The minimum Gasteiger partial charge on any atom is -0.298 e. The zero-order valence-corrected chi connectivity index (χ0v) is 13.3. The van der Waals surface area contributed by atoms with Crippen LogP contribution in [0.15, 0.2) is 23.1 Å². The zero-order valence-electron chi connectivity index (χ0n) is 11.7.